The van der Waals surface area contributed by atoms with E-state index >= 15 is 0 Å². The van der Waals surface area contributed by atoms with Gasteiger partial charge >= 0.3 is 0 Å². The summed E-state index contributed by atoms with van der Waals surface area (Å²) in [6.07, 6.45) is 1.57. The van der Waals surface area contributed by atoms with Crippen molar-refractivity contribution in [1.29, 1.82) is 0 Å². The average Bonchev–Trinajstić information content (AvgIpc) is 2.48. The van der Waals surface area contributed by atoms with E-state index in [9.17, 15) is 8.42 Å². The molecule has 0 atom stereocenters. The van der Waals surface area contributed by atoms with Gasteiger partial charge in [0.1, 0.15) is 16.5 Å². The number of hydrogen-bond acceptors (Lipinski definition) is 5. The summed E-state index contributed by atoms with van der Waals surface area (Å²) in [5.41, 5.74) is 0. The molecule has 0 radical (unpaired) electrons. The van der Waals surface area contributed by atoms with Gasteiger partial charge in [0.15, 0.2) is 0 Å². The molecule has 1 aromatic carbocycles. The van der Waals surface area contributed by atoms with Gasteiger partial charge in [-0.1, -0.05) is 23.2 Å². The summed E-state index contributed by atoms with van der Waals surface area (Å²) in [5.74, 6) is 1.04. The number of rotatable bonds is 5. The fourth-order valence-corrected chi connectivity index (χ4v) is 3.38. The van der Waals surface area contributed by atoms with Crippen LogP contribution in [0.4, 0.5) is 5.82 Å². The van der Waals surface area contributed by atoms with Gasteiger partial charge in [-0.05, 0) is 24.3 Å². The maximum atomic E-state index is 12.3. The van der Waals surface area contributed by atoms with Gasteiger partial charge in [0.2, 0.25) is 10.0 Å². The minimum absolute atomic E-state index is 0.0488. The maximum absolute atomic E-state index is 12.3. The highest BCUT2D eigenvalue weighted by Crippen LogP contribution is 2.24. The summed E-state index contributed by atoms with van der Waals surface area (Å²) >= 11 is 11.7. The Balaban J connectivity index is 2.20. The van der Waals surface area contributed by atoms with Gasteiger partial charge in [0, 0.05) is 25.3 Å². The molecule has 0 saturated carbocycles. The highest BCUT2D eigenvalue weighted by molar-refractivity contribution is 7.89. The molecule has 0 amide bonds. The van der Waals surface area contributed by atoms with Crippen LogP contribution in [0.2, 0.25) is 10.0 Å². The third kappa shape index (κ3) is 4.07. The van der Waals surface area contributed by atoms with Crippen LogP contribution in [0.25, 0.3) is 0 Å². The SMILES string of the molecule is CN(C)c1ccnc(CNS(=O)(=O)c2cc(Cl)ccc2Cl)n1. The zero-order chi connectivity index (χ0) is 16.3. The molecule has 9 heteroatoms. The number of nitrogens with zero attached hydrogens (tertiary/aromatic N) is 3. The molecule has 1 N–H and O–H groups in total. The molecule has 6 nitrogen and oxygen atoms in total. The van der Waals surface area contributed by atoms with Crippen molar-refractivity contribution in [3.8, 4) is 0 Å². The lowest BCUT2D eigenvalue weighted by molar-refractivity contribution is 0.579. The van der Waals surface area contributed by atoms with Crippen molar-refractivity contribution in [3.63, 3.8) is 0 Å². The molecule has 0 saturated heterocycles. The van der Waals surface area contributed by atoms with Gasteiger partial charge in [0.25, 0.3) is 0 Å². The minimum atomic E-state index is -3.80. The number of anilines is 1. The molecule has 0 bridgehead atoms. The van der Waals surface area contributed by atoms with E-state index in [-0.39, 0.29) is 21.5 Å². The summed E-state index contributed by atoms with van der Waals surface area (Å²) in [5, 5.41) is 0.385. The van der Waals surface area contributed by atoms with E-state index in [1.165, 1.54) is 18.2 Å². The number of benzene rings is 1. The van der Waals surface area contributed by atoms with Crippen LogP contribution in [-0.2, 0) is 16.6 Å². The van der Waals surface area contributed by atoms with Crippen molar-refractivity contribution in [1.82, 2.24) is 14.7 Å². The quantitative estimate of drug-likeness (QED) is 0.885. The minimum Gasteiger partial charge on any atom is -0.363 e. The van der Waals surface area contributed by atoms with Gasteiger partial charge in [0.05, 0.1) is 11.6 Å². The van der Waals surface area contributed by atoms with Crippen LogP contribution in [0, 0.1) is 0 Å². The summed E-state index contributed by atoms with van der Waals surface area (Å²) in [6.45, 7) is -0.0488. The van der Waals surface area contributed by atoms with Crippen LogP contribution < -0.4 is 9.62 Å². The lowest BCUT2D eigenvalue weighted by atomic mass is 10.4. The standard InChI is InChI=1S/C13H14Cl2N4O2S/c1-19(2)13-5-6-16-12(18-13)8-17-22(20,21)11-7-9(14)3-4-10(11)15/h3-7,17H,8H2,1-2H3. The van der Waals surface area contributed by atoms with Crippen molar-refractivity contribution in [3.05, 3.63) is 46.3 Å². The van der Waals surface area contributed by atoms with Crippen LogP contribution in [0.15, 0.2) is 35.4 Å². The molecule has 118 valence electrons. The Morgan fingerprint density at radius 1 is 1.23 bits per heavy atom. The Labute approximate surface area is 139 Å². The molecule has 2 aromatic rings. The first kappa shape index (κ1) is 17.0. The highest BCUT2D eigenvalue weighted by atomic mass is 35.5. The van der Waals surface area contributed by atoms with Gasteiger partial charge in [-0.3, -0.25) is 0 Å². The van der Waals surface area contributed by atoms with Crippen LogP contribution in [0.1, 0.15) is 5.82 Å². The molecule has 22 heavy (non-hydrogen) atoms. The second kappa shape index (κ2) is 6.78. The van der Waals surface area contributed by atoms with E-state index in [4.69, 9.17) is 23.2 Å². The molecule has 0 aliphatic carbocycles. The van der Waals surface area contributed by atoms with Crippen molar-refractivity contribution < 1.29 is 8.42 Å². The molecule has 2 rings (SSSR count). The van der Waals surface area contributed by atoms with Crippen LogP contribution in [0.5, 0.6) is 0 Å². The molecule has 0 fully saturated rings. The van der Waals surface area contributed by atoms with Gasteiger partial charge < -0.3 is 4.90 Å². The van der Waals surface area contributed by atoms with E-state index in [1.54, 1.807) is 17.2 Å². The molecule has 0 spiro atoms. The second-order valence-corrected chi connectivity index (χ2v) is 7.20. The van der Waals surface area contributed by atoms with Gasteiger partial charge in [-0.25, -0.2) is 23.1 Å². The van der Waals surface area contributed by atoms with Crippen LogP contribution in [0.3, 0.4) is 0 Å². The number of halogens is 2. The topological polar surface area (TPSA) is 75.2 Å². The Morgan fingerprint density at radius 3 is 2.64 bits per heavy atom. The first-order chi connectivity index (χ1) is 10.3. The summed E-state index contributed by atoms with van der Waals surface area (Å²) < 4.78 is 27.0. The molecular formula is C13H14Cl2N4O2S. The van der Waals surface area contributed by atoms with Crippen molar-refractivity contribution in [2.75, 3.05) is 19.0 Å². The fourth-order valence-electron chi connectivity index (χ4n) is 1.64. The lowest BCUT2D eigenvalue weighted by Gasteiger charge is -2.12. The Bertz CT molecular complexity index is 781. The predicted molar refractivity (Wildman–Crippen MR) is 86.8 cm³/mol. The highest BCUT2D eigenvalue weighted by Gasteiger charge is 2.18. The largest absolute Gasteiger partial charge is 0.363 e. The normalized spacial score (nSPS) is 11.5. The zero-order valence-electron chi connectivity index (χ0n) is 11.9. The van der Waals surface area contributed by atoms with Gasteiger partial charge in [-0.2, -0.15) is 0 Å². The summed E-state index contributed by atoms with van der Waals surface area (Å²) in [4.78, 5) is 9.99. The van der Waals surface area contributed by atoms with Crippen molar-refractivity contribution in [2.24, 2.45) is 0 Å². The van der Waals surface area contributed by atoms with Crippen LogP contribution >= 0.6 is 23.2 Å². The van der Waals surface area contributed by atoms with Crippen molar-refractivity contribution in [2.45, 2.75) is 11.4 Å². The summed E-state index contributed by atoms with van der Waals surface area (Å²) in [6, 6.07) is 5.98. The monoisotopic (exact) mass is 360 g/mol. The zero-order valence-corrected chi connectivity index (χ0v) is 14.2. The second-order valence-electron chi connectivity index (χ2n) is 4.62. The van der Waals surface area contributed by atoms with E-state index in [0.717, 1.165) is 0 Å². The van der Waals surface area contributed by atoms with E-state index in [0.29, 0.717) is 11.6 Å². The maximum Gasteiger partial charge on any atom is 0.242 e. The molecular weight excluding hydrogens is 347 g/mol. The first-order valence-corrected chi connectivity index (χ1v) is 8.47. The Kier molecular flexibility index (Phi) is 5.23. The molecule has 0 aliphatic rings. The average molecular weight is 361 g/mol. The molecule has 1 aromatic heterocycles. The molecule has 0 aliphatic heterocycles. The smallest absolute Gasteiger partial charge is 0.242 e. The fraction of sp³-hybridized carbons (Fsp3) is 0.231. The molecule has 1 heterocycles. The van der Waals surface area contributed by atoms with Crippen LogP contribution in [-0.4, -0.2) is 32.5 Å². The predicted octanol–water partition coefficient (Wildman–Crippen LogP) is 2.33. The van der Waals surface area contributed by atoms with Crippen molar-refractivity contribution >= 4 is 39.0 Å². The van der Waals surface area contributed by atoms with Gasteiger partial charge in [-0.15, -0.1) is 0 Å². The number of sulfonamides is 1. The Hall–Kier alpha value is -1.41. The third-order valence-corrected chi connectivity index (χ3v) is 4.87. The lowest BCUT2D eigenvalue weighted by Crippen LogP contribution is -2.25. The molecule has 0 unspecified atom stereocenters. The Morgan fingerprint density at radius 2 is 1.95 bits per heavy atom. The van der Waals surface area contributed by atoms with E-state index < -0.39 is 10.0 Å². The first-order valence-electron chi connectivity index (χ1n) is 6.23. The number of nitrogens with one attached hydrogen (secondary N) is 1. The number of hydrogen-bond donors (Lipinski definition) is 1. The van der Waals surface area contributed by atoms with E-state index in [2.05, 4.69) is 14.7 Å². The third-order valence-electron chi connectivity index (χ3n) is 2.75. The van der Waals surface area contributed by atoms with E-state index in [1.807, 2.05) is 14.1 Å². The number of aromatic nitrogens is 2. The summed E-state index contributed by atoms with van der Waals surface area (Å²) in [7, 11) is -0.134.